The maximum Gasteiger partial charge on any atom is 0.351 e. The first-order valence-corrected chi connectivity index (χ1v) is 5.36. The summed E-state index contributed by atoms with van der Waals surface area (Å²) in [5.74, 6) is -0.692. The summed E-state index contributed by atoms with van der Waals surface area (Å²) >= 11 is 0. The monoisotopic (exact) mass is 247 g/mol. The molecule has 0 bridgehead atoms. The van der Waals surface area contributed by atoms with Crippen molar-refractivity contribution < 1.29 is 13.9 Å². The van der Waals surface area contributed by atoms with Gasteiger partial charge in [-0.3, -0.25) is 0 Å². The number of benzene rings is 1. The van der Waals surface area contributed by atoms with Gasteiger partial charge in [-0.2, -0.15) is 0 Å². The van der Waals surface area contributed by atoms with Crippen LogP contribution in [0.4, 0.5) is 5.69 Å². The quantitative estimate of drug-likeness (QED) is 0.596. The summed E-state index contributed by atoms with van der Waals surface area (Å²) in [5, 5.41) is 0.681. The molecule has 2 rings (SSSR count). The summed E-state index contributed by atoms with van der Waals surface area (Å²) in [6, 6.07) is 6.90. The van der Waals surface area contributed by atoms with Crippen LogP contribution in [0.15, 0.2) is 33.5 Å². The lowest BCUT2D eigenvalue weighted by atomic mass is 10.1. The zero-order chi connectivity index (χ0) is 13.3. The van der Waals surface area contributed by atoms with Crippen LogP contribution in [0.25, 0.3) is 11.0 Å². The zero-order valence-corrected chi connectivity index (χ0v) is 10.4. The second-order valence-electron chi connectivity index (χ2n) is 4.06. The van der Waals surface area contributed by atoms with E-state index < -0.39 is 11.6 Å². The number of esters is 1. The minimum absolute atomic E-state index is 0.0948. The van der Waals surface area contributed by atoms with Crippen LogP contribution in [0, 0.1) is 0 Å². The van der Waals surface area contributed by atoms with E-state index in [0.29, 0.717) is 11.0 Å². The van der Waals surface area contributed by atoms with Crippen LogP contribution < -0.4 is 10.5 Å². The average molecular weight is 247 g/mol. The molecule has 0 fully saturated rings. The fourth-order valence-corrected chi connectivity index (χ4v) is 1.63. The van der Waals surface area contributed by atoms with E-state index in [-0.39, 0.29) is 5.56 Å². The van der Waals surface area contributed by atoms with E-state index >= 15 is 0 Å². The molecule has 5 heteroatoms. The van der Waals surface area contributed by atoms with E-state index in [1.807, 2.05) is 25.1 Å². The highest BCUT2D eigenvalue weighted by Gasteiger charge is 2.14. The van der Waals surface area contributed by atoms with E-state index in [1.165, 1.54) is 13.2 Å². The Hall–Kier alpha value is -2.30. The van der Waals surface area contributed by atoms with Crippen LogP contribution in [0.1, 0.15) is 10.4 Å². The minimum Gasteiger partial charge on any atom is -0.465 e. The summed E-state index contributed by atoms with van der Waals surface area (Å²) in [6.45, 7) is 0. The van der Waals surface area contributed by atoms with Crippen LogP contribution in [0.2, 0.25) is 0 Å². The molecule has 0 aliphatic rings. The molecule has 18 heavy (non-hydrogen) atoms. The van der Waals surface area contributed by atoms with Crippen molar-refractivity contribution in [2.45, 2.75) is 0 Å². The van der Waals surface area contributed by atoms with Crippen molar-refractivity contribution in [3.05, 3.63) is 40.2 Å². The van der Waals surface area contributed by atoms with Gasteiger partial charge in [-0.25, -0.2) is 9.59 Å². The lowest BCUT2D eigenvalue weighted by Gasteiger charge is -2.12. The van der Waals surface area contributed by atoms with Crippen molar-refractivity contribution in [3.8, 4) is 0 Å². The predicted molar refractivity (Wildman–Crippen MR) is 68.2 cm³/mol. The number of carbonyl (C=O) groups excluding carboxylic acids is 1. The molecule has 0 saturated heterocycles. The lowest BCUT2D eigenvalue weighted by molar-refractivity contribution is 0.0596. The normalized spacial score (nSPS) is 10.4. The first-order chi connectivity index (χ1) is 8.52. The number of rotatable bonds is 2. The van der Waals surface area contributed by atoms with Gasteiger partial charge in [0.15, 0.2) is 0 Å². The van der Waals surface area contributed by atoms with Crippen LogP contribution in [-0.2, 0) is 4.74 Å². The van der Waals surface area contributed by atoms with Crippen molar-refractivity contribution in [2.24, 2.45) is 0 Å². The minimum atomic E-state index is -0.692. The van der Waals surface area contributed by atoms with Gasteiger partial charge >= 0.3 is 11.6 Å². The number of methoxy groups -OCH3 is 1. The van der Waals surface area contributed by atoms with Crippen LogP contribution >= 0.6 is 0 Å². The molecule has 0 spiro atoms. The van der Waals surface area contributed by atoms with Crippen molar-refractivity contribution in [1.82, 2.24) is 0 Å². The number of hydrogen-bond acceptors (Lipinski definition) is 5. The molecule has 1 heterocycles. The molecule has 2 aromatic rings. The molecular formula is C13H13NO4. The standard InChI is InChI=1S/C13H13NO4/c1-14(2)9-5-4-8-6-10(12(15)17-3)13(16)18-11(8)7-9/h4-7H,1-3H3. The summed E-state index contributed by atoms with van der Waals surface area (Å²) in [6.07, 6.45) is 0. The number of anilines is 1. The summed E-state index contributed by atoms with van der Waals surface area (Å²) < 4.78 is 9.64. The molecule has 94 valence electrons. The van der Waals surface area contributed by atoms with Gasteiger partial charge in [0.2, 0.25) is 0 Å². The number of ether oxygens (including phenoxy) is 1. The summed E-state index contributed by atoms with van der Waals surface area (Å²) in [5.41, 5.74) is 0.572. The van der Waals surface area contributed by atoms with Gasteiger partial charge < -0.3 is 14.1 Å². The Kier molecular flexibility index (Phi) is 3.06. The fraction of sp³-hybridized carbons (Fsp3) is 0.231. The molecule has 0 radical (unpaired) electrons. The maximum absolute atomic E-state index is 11.6. The Morgan fingerprint density at radius 1 is 1.28 bits per heavy atom. The summed E-state index contributed by atoms with van der Waals surface area (Å²) in [4.78, 5) is 24.9. The van der Waals surface area contributed by atoms with E-state index in [1.54, 1.807) is 12.1 Å². The molecule has 0 amide bonds. The molecule has 5 nitrogen and oxygen atoms in total. The molecule has 1 aromatic heterocycles. The Morgan fingerprint density at radius 2 is 2.00 bits per heavy atom. The van der Waals surface area contributed by atoms with Crippen molar-refractivity contribution in [2.75, 3.05) is 26.1 Å². The second-order valence-corrected chi connectivity index (χ2v) is 4.06. The molecular weight excluding hydrogens is 234 g/mol. The average Bonchev–Trinajstić information content (AvgIpc) is 2.36. The van der Waals surface area contributed by atoms with Gasteiger partial charge in [-0.1, -0.05) is 0 Å². The SMILES string of the molecule is COC(=O)c1cc2ccc(N(C)C)cc2oc1=O. The Morgan fingerprint density at radius 3 is 2.61 bits per heavy atom. The third-order valence-electron chi connectivity index (χ3n) is 2.64. The molecule has 0 aliphatic carbocycles. The predicted octanol–water partition coefficient (Wildman–Crippen LogP) is 1.65. The van der Waals surface area contributed by atoms with Gasteiger partial charge in [0.25, 0.3) is 0 Å². The Bertz CT molecular complexity index is 658. The van der Waals surface area contributed by atoms with E-state index in [4.69, 9.17) is 4.42 Å². The third-order valence-corrected chi connectivity index (χ3v) is 2.64. The second kappa shape index (κ2) is 4.52. The van der Waals surface area contributed by atoms with Crippen LogP contribution in [0.5, 0.6) is 0 Å². The Balaban J connectivity index is 2.64. The Labute approximate surface area is 104 Å². The van der Waals surface area contributed by atoms with Gasteiger partial charge in [0.1, 0.15) is 11.1 Å². The van der Waals surface area contributed by atoms with Crippen molar-refractivity contribution >= 4 is 22.6 Å². The van der Waals surface area contributed by atoms with E-state index in [2.05, 4.69) is 4.74 Å². The highest BCUT2D eigenvalue weighted by Crippen LogP contribution is 2.20. The van der Waals surface area contributed by atoms with Gasteiger partial charge in [0.05, 0.1) is 7.11 Å². The molecule has 0 aliphatic heterocycles. The van der Waals surface area contributed by atoms with Crippen molar-refractivity contribution in [1.29, 1.82) is 0 Å². The van der Waals surface area contributed by atoms with Crippen LogP contribution in [0.3, 0.4) is 0 Å². The van der Waals surface area contributed by atoms with Crippen LogP contribution in [-0.4, -0.2) is 27.2 Å². The molecule has 0 N–H and O–H groups in total. The fourth-order valence-electron chi connectivity index (χ4n) is 1.63. The first kappa shape index (κ1) is 12.2. The highest BCUT2D eigenvalue weighted by atomic mass is 16.5. The topological polar surface area (TPSA) is 59.8 Å². The third kappa shape index (κ3) is 2.07. The number of fused-ring (bicyclic) bond motifs is 1. The van der Waals surface area contributed by atoms with Crippen molar-refractivity contribution in [3.63, 3.8) is 0 Å². The number of carbonyl (C=O) groups is 1. The smallest absolute Gasteiger partial charge is 0.351 e. The van der Waals surface area contributed by atoms with E-state index in [0.717, 1.165) is 5.69 Å². The molecule has 0 unspecified atom stereocenters. The zero-order valence-electron chi connectivity index (χ0n) is 10.4. The highest BCUT2D eigenvalue weighted by molar-refractivity contribution is 5.93. The molecule has 0 saturated carbocycles. The largest absolute Gasteiger partial charge is 0.465 e. The number of hydrogen-bond donors (Lipinski definition) is 0. The van der Waals surface area contributed by atoms with Gasteiger partial charge in [0, 0.05) is 31.2 Å². The van der Waals surface area contributed by atoms with Gasteiger partial charge in [-0.05, 0) is 18.2 Å². The molecule has 0 atom stereocenters. The number of nitrogens with zero attached hydrogens (tertiary/aromatic N) is 1. The maximum atomic E-state index is 11.6. The lowest BCUT2D eigenvalue weighted by Crippen LogP contribution is -2.15. The first-order valence-electron chi connectivity index (χ1n) is 5.36. The molecule has 1 aromatic carbocycles. The van der Waals surface area contributed by atoms with E-state index in [9.17, 15) is 9.59 Å². The van der Waals surface area contributed by atoms with Gasteiger partial charge in [-0.15, -0.1) is 0 Å². The summed E-state index contributed by atoms with van der Waals surface area (Å²) in [7, 11) is 5.01.